The van der Waals surface area contributed by atoms with Gasteiger partial charge in [-0.05, 0) is 56.0 Å². The van der Waals surface area contributed by atoms with Gasteiger partial charge in [-0.2, -0.15) is 0 Å². The third-order valence-electron chi connectivity index (χ3n) is 4.79. The molecule has 2 N–H and O–H groups in total. The first-order valence-electron chi connectivity index (χ1n) is 9.82. The zero-order valence-corrected chi connectivity index (χ0v) is 17.5. The predicted octanol–water partition coefficient (Wildman–Crippen LogP) is 5.22. The van der Waals surface area contributed by atoms with E-state index in [2.05, 4.69) is 41.2 Å². The van der Waals surface area contributed by atoms with Gasteiger partial charge in [0.05, 0.1) is 28.0 Å². The second kappa shape index (κ2) is 8.57. The van der Waals surface area contributed by atoms with E-state index in [0.717, 1.165) is 58.7 Å². The van der Waals surface area contributed by atoms with E-state index in [-0.39, 0.29) is 0 Å². The summed E-state index contributed by atoms with van der Waals surface area (Å²) in [5, 5.41) is 0. The number of benzene rings is 2. The van der Waals surface area contributed by atoms with E-state index < -0.39 is 0 Å². The highest BCUT2D eigenvalue weighted by atomic mass is 32.1. The van der Waals surface area contributed by atoms with Gasteiger partial charge in [-0.3, -0.25) is 0 Å². The molecule has 0 aliphatic carbocycles. The van der Waals surface area contributed by atoms with Gasteiger partial charge in [-0.1, -0.05) is 25.1 Å². The summed E-state index contributed by atoms with van der Waals surface area (Å²) in [6, 6.07) is 14.5. The summed E-state index contributed by atoms with van der Waals surface area (Å²) in [7, 11) is 0. The van der Waals surface area contributed by atoms with Gasteiger partial charge in [0.15, 0.2) is 0 Å². The lowest BCUT2D eigenvalue weighted by Gasteiger charge is -2.13. The van der Waals surface area contributed by atoms with Crippen LogP contribution in [0.3, 0.4) is 0 Å². The molecule has 4 aromatic rings. The average Bonchev–Trinajstić information content (AvgIpc) is 3.19. The lowest BCUT2D eigenvalue weighted by atomic mass is 9.99. The molecule has 0 radical (unpaired) electrons. The van der Waals surface area contributed by atoms with Crippen molar-refractivity contribution in [2.75, 3.05) is 12.3 Å². The third-order valence-corrected chi connectivity index (χ3v) is 5.58. The summed E-state index contributed by atoms with van der Waals surface area (Å²) >= 11 is 1.63. The number of nitrogens with two attached hydrogens (primary N) is 1. The summed E-state index contributed by atoms with van der Waals surface area (Å²) in [6.45, 7) is 4.71. The van der Waals surface area contributed by atoms with Gasteiger partial charge in [0.25, 0.3) is 0 Å². The topological polar surface area (TPSA) is 73.9 Å². The fourth-order valence-corrected chi connectivity index (χ4v) is 4.10. The number of nitrogen functional groups attached to an aromatic ring is 1. The Balaban J connectivity index is 1.63. The standard InChI is InChI=1S/C23H24N4OS/c1-3-11-28-18-6-4-5-16(12-18)7-9-19-22(26-15(2)27-23(19)24)17-8-10-20-21(13-17)29-14-25-20/h4-6,8,10,12-14H,3,7,9,11H2,1-2H3,(H2,24,26,27). The number of aromatic nitrogens is 3. The number of thiazole rings is 1. The fraction of sp³-hybridized carbons (Fsp3) is 0.261. The summed E-state index contributed by atoms with van der Waals surface area (Å²) in [5.74, 6) is 2.14. The monoisotopic (exact) mass is 404 g/mol. The molecule has 0 saturated heterocycles. The molecule has 0 spiro atoms. The Hall–Kier alpha value is -2.99. The second-order valence-corrected chi connectivity index (χ2v) is 7.90. The highest BCUT2D eigenvalue weighted by molar-refractivity contribution is 7.16. The van der Waals surface area contributed by atoms with Gasteiger partial charge in [-0.15, -0.1) is 11.3 Å². The number of ether oxygens (including phenoxy) is 1. The van der Waals surface area contributed by atoms with Crippen molar-refractivity contribution in [1.29, 1.82) is 0 Å². The smallest absolute Gasteiger partial charge is 0.130 e. The van der Waals surface area contributed by atoms with E-state index in [4.69, 9.17) is 15.5 Å². The first-order valence-corrected chi connectivity index (χ1v) is 10.7. The fourth-order valence-electron chi connectivity index (χ4n) is 3.39. The average molecular weight is 405 g/mol. The van der Waals surface area contributed by atoms with Crippen LogP contribution < -0.4 is 10.5 Å². The van der Waals surface area contributed by atoms with Crippen LogP contribution in [-0.4, -0.2) is 21.6 Å². The number of nitrogens with zero attached hydrogens (tertiary/aromatic N) is 3. The first kappa shape index (κ1) is 19.3. The van der Waals surface area contributed by atoms with Crippen molar-refractivity contribution in [3.63, 3.8) is 0 Å². The minimum atomic E-state index is 0.551. The van der Waals surface area contributed by atoms with Crippen LogP contribution >= 0.6 is 11.3 Å². The minimum absolute atomic E-state index is 0.551. The molecule has 0 bridgehead atoms. The first-order chi connectivity index (χ1) is 14.1. The molecule has 0 aliphatic rings. The maximum Gasteiger partial charge on any atom is 0.130 e. The zero-order valence-electron chi connectivity index (χ0n) is 16.7. The Kier molecular flexibility index (Phi) is 5.71. The normalized spacial score (nSPS) is 11.1. The highest BCUT2D eigenvalue weighted by Crippen LogP contribution is 2.30. The SMILES string of the molecule is CCCOc1cccc(CCc2c(N)nc(C)nc2-c2ccc3ncsc3c2)c1. The van der Waals surface area contributed by atoms with Gasteiger partial charge >= 0.3 is 0 Å². The van der Waals surface area contributed by atoms with Crippen molar-refractivity contribution in [1.82, 2.24) is 15.0 Å². The Morgan fingerprint density at radius 2 is 1.97 bits per heavy atom. The van der Waals surface area contributed by atoms with Crippen LogP contribution in [0, 0.1) is 6.92 Å². The summed E-state index contributed by atoms with van der Waals surface area (Å²) in [5.41, 5.74) is 13.3. The van der Waals surface area contributed by atoms with E-state index in [1.54, 1.807) is 11.3 Å². The van der Waals surface area contributed by atoms with Crippen LogP contribution in [0.15, 0.2) is 48.0 Å². The van der Waals surface area contributed by atoms with Gasteiger partial charge in [0.1, 0.15) is 17.4 Å². The molecular formula is C23H24N4OS. The van der Waals surface area contributed by atoms with E-state index in [9.17, 15) is 0 Å². The van der Waals surface area contributed by atoms with Crippen LogP contribution in [0.2, 0.25) is 0 Å². The number of rotatable bonds is 7. The number of aryl methyl sites for hydroxylation is 2. The van der Waals surface area contributed by atoms with Crippen molar-refractivity contribution >= 4 is 27.4 Å². The summed E-state index contributed by atoms with van der Waals surface area (Å²) in [6.07, 6.45) is 2.60. The molecule has 0 aliphatic heterocycles. The van der Waals surface area contributed by atoms with Crippen molar-refractivity contribution in [2.45, 2.75) is 33.1 Å². The van der Waals surface area contributed by atoms with Crippen LogP contribution in [0.4, 0.5) is 5.82 Å². The molecule has 0 unspecified atom stereocenters. The molecule has 0 saturated carbocycles. The molecule has 29 heavy (non-hydrogen) atoms. The Morgan fingerprint density at radius 1 is 1.07 bits per heavy atom. The molecule has 5 nitrogen and oxygen atoms in total. The third kappa shape index (κ3) is 4.38. The lowest BCUT2D eigenvalue weighted by Crippen LogP contribution is -2.07. The molecule has 0 amide bonds. The van der Waals surface area contributed by atoms with E-state index in [0.29, 0.717) is 11.6 Å². The van der Waals surface area contributed by atoms with Crippen molar-refractivity contribution in [2.24, 2.45) is 0 Å². The Bertz CT molecular complexity index is 1140. The minimum Gasteiger partial charge on any atom is -0.494 e. The maximum absolute atomic E-state index is 6.33. The van der Waals surface area contributed by atoms with Crippen LogP contribution in [0.5, 0.6) is 5.75 Å². The maximum atomic E-state index is 6.33. The lowest BCUT2D eigenvalue weighted by molar-refractivity contribution is 0.317. The van der Waals surface area contributed by atoms with Gasteiger partial charge in [0, 0.05) is 11.1 Å². The van der Waals surface area contributed by atoms with Gasteiger partial charge in [0.2, 0.25) is 0 Å². The zero-order chi connectivity index (χ0) is 20.2. The molecular weight excluding hydrogens is 380 g/mol. The molecule has 4 rings (SSSR count). The molecule has 6 heteroatoms. The summed E-state index contributed by atoms with van der Waals surface area (Å²) < 4.78 is 6.90. The molecule has 2 aromatic heterocycles. The highest BCUT2D eigenvalue weighted by Gasteiger charge is 2.14. The van der Waals surface area contributed by atoms with Crippen molar-refractivity contribution < 1.29 is 4.74 Å². The second-order valence-electron chi connectivity index (χ2n) is 7.01. The largest absolute Gasteiger partial charge is 0.494 e. The molecule has 2 aromatic carbocycles. The van der Waals surface area contributed by atoms with Crippen LogP contribution in [-0.2, 0) is 12.8 Å². The number of hydrogen-bond donors (Lipinski definition) is 1. The Labute approximate surface area is 174 Å². The van der Waals surface area contributed by atoms with Crippen LogP contribution in [0.25, 0.3) is 21.5 Å². The number of hydrogen-bond acceptors (Lipinski definition) is 6. The molecule has 0 atom stereocenters. The number of fused-ring (bicyclic) bond motifs is 1. The Morgan fingerprint density at radius 3 is 2.83 bits per heavy atom. The van der Waals surface area contributed by atoms with Crippen molar-refractivity contribution in [3.05, 3.63) is 64.9 Å². The van der Waals surface area contributed by atoms with Crippen LogP contribution in [0.1, 0.15) is 30.3 Å². The van der Waals surface area contributed by atoms with E-state index in [1.165, 1.54) is 5.56 Å². The van der Waals surface area contributed by atoms with Crippen molar-refractivity contribution in [3.8, 4) is 17.0 Å². The van der Waals surface area contributed by atoms with Gasteiger partial charge < -0.3 is 10.5 Å². The van der Waals surface area contributed by atoms with Gasteiger partial charge in [-0.25, -0.2) is 15.0 Å². The van der Waals surface area contributed by atoms with E-state index >= 15 is 0 Å². The van der Waals surface area contributed by atoms with E-state index in [1.807, 2.05) is 30.6 Å². The summed E-state index contributed by atoms with van der Waals surface area (Å²) in [4.78, 5) is 13.5. The molecule has 2 heterocycles. The number of anilines is 1. The quantitative estimate of drug-likeness (QED) is 0.457. The molecule has 0 fully saturated rings. The predicted molar refractivity (Wildman–Crippen MR) is 119 cm³/mol. The molecule has 148 valence electrons.